The molecular weight excluding hydrogens is 1500 g/mol. The summed E-state index contributed by atoms with van der Waals surface area (Å²) in [5, 5.41) is 127. The van der Waals surface area contributed by atoms with E-state index >= 15 is 0 Å². The van der Waals surface area contributed by atoms with Crippen molar-refractivity contribution in [2.24, 2.45) is 0 Å². The smallest absolute Gasteiger partial charge is 0.303 e. The van der Waals surface area contributed by atoms with Crippen molar-refractivity contribution in [2.45, 2.75) is 279 Å². The summed E-state index contributed by atoms with van der Waals surface area (Å²) in [6, 6.07) is -3.29. The molecule has 0 aliphatic carbocycles. The van der Waals surface area contributed by atoms with Gasteiger partial charge in [0, 0.05) is 131 Å². The van der Waals surface area contributed by atoms with Gasteiger partial charge >= 0.3 is 5.97 Å². The molecule has 0 unspecified atom stereocenters. The molecule has 3 aliphatic heterocycles. The molecule has 0 bridgehead atoms. The summed E-state index contributed by atoms with van der Waals surface area (Å²) in [5.74, 6) is -4.58. The Labute approximate surface area is 659 Å². The third kappa shape index (κ3) is 43.3. The lowest BCUT2D eigenvalue weighted by Gasteiger charge is -2.42. The van der Waals surface area contributed by atoms with E-state index in [0.29, 0.717) is 70.6 Å². The van der Waals surface area contributed by atoms with Gasteiger partial charge in [-0.2, -0.15) is 0 Å². The average Bonchev–Trinajstić information content (AvgIpc) is 0.816. The Morgan fingerprint density at radius 3 is 0.823 bits per heavy atom. The molecule has 40 nitrogen and oxygen atoms in total. The van der Waals surface area contributed by atoms with Gasteiger partial charge in [-0.1, -0.05) is 38.5 Å². The number of carboxylic acid groups (broad SMARTS) is 1. The summed E-state index contributed by atoms with van der Waals surface area (Å²) in [6.07, 6.45) is -5.59. The van der Waals surface area contributed by atoms with Gasteiger partial charge in [0.05, 0.1) is 59.5 Å². The van der Waals surface area contributed by atoms with Crippen LogP contribution in [0.1, 0.15) is 181 Å². The molecule has 3 rings (SSSR count). The quantitative estimate of drug-likeness (QED) is 0.0255. The van der Waals surface area contributed by atoms with Crippen molar-refractivity contribution >= 4 is 65.0 Å². The Bertz CT molecular complexity index is 2530. The molecule has 113 heavy (non-hydrogen) atoms. The summed E-state index contributed by atoms with van der Waals surface area (Å²) in [7, 11) is 0. The number of aliphatic carboxylic acids is 1. The van der Waals surface area contributed by atoms with Gasteiger partial charge in [-0.3, -0.25) is 52.7 Å². The number of carbonyl (C=O) groups is 11. The molecule has 20 N–H and O–H groups in total. The van der Waals surface area contributed by atoms with Gasteiger partial charge in [-0.05, 0) is 70.6 Å². The summed E-state index contributed by atoms with van der Waals surface area (Å²) >= 11 is 0. The predicted octanol–water partition coefficient (Wildman–Crippen LogP) is -4.69. The second-order valence-electron chi connectivity index (χ2n) is 28.4. The highest BCUT2D eigenvalue weighted by Crippen LogP contribution is 2.26. The zero-order chi connectivity index (χ0) is 83.4. The normalized spacial score (nSPS) is 23.6. The topological polar surface area (TPSA) is 593 Å². The number of aliphatic hydroxyl groups excluding tert-OH is 9. The third-order valence-corrected chi connectivity index (χ3v) is 18.5. The molecule has 3 saturated heterocycles. The molecule has 0 radical (unpaired) electrons. The van der Waals surface area contributed by atoms with Crippen LogP contribution in [0.2, 0.25) is 0 Å². The number of amides is 10. The molecular formula is C73H130N10O30. The van der Waals surface area contributed by atoms with Crippen LogP contribution >= 0.6 is 0 Å². The fraction of sp³-hybridized carbons (Fsp3) is 0.849. The van der Waals surface area contributed by atoms with E-state index < -0.39 is 141 Å². The monoisotopic (exact) mass is 1630 g/mol. The van der Waals surface area contributed by atoms with Crippen LogP contribution in [-0.2, 0) is 95.4 Å². The lowest BCUT2D eigenvalue weighted by atomic mass is 9.97. The second kappa shape index (κ2) is 59.2. The van der Waals surface area contributed by atoms with E-state index in [1.165, 1.54) is 20.8 Å². The van der Waals surface area contributed by atoms with Gasteiger partial charge in [-0.25, -0.2) is 0 Å². The zero-order valence-corrected chi connectivity index (χ0v) is 65.7. The van der Waals surface area contributed by atoms with Crippen LogP contribution in [0.3, 0.4) is 0 Å². The van der Waals surface area contributed by atoms with Crippen molar-refractivity contribution in [3.8, 4) is 0 Å². The molecule has 3 heterocycles. The van der Waals surface area contributed by atoms with Crippen LogP contribution in [0, 0.1) is 0 Å². The van der Waals surface area contributed by atoms with Crippen molar-refractivity contribution in [1.29, 1.82) is 0 Å². The summed E-state index contributed by atoms with van der Waals surface area (Å²) < 4.78 is 52.0. The van der Waals surface area contributed by atoms with E-state index in [1.807, 2.05) is 0 Å². The zero-order valence-electron chi connectivity index (χ0n) is 65.7. The molecule has 0 saturated carbocycles. The number of hydrogen-bond donors (Lipinski definition) is 20. The van der Waals surface area contributed by atoms with E-state index in [1.54, 1.807) is 0 Å². The SMILES string of the molecule is CC(=O)N[C@H]1[C@H](OCCCCC(=O)NCCCNC(=O)CCOCC(COCCC(=O)NCCCNC(=O)CCCCO[C@@H]2O[C@H](CO)[C@H](O)[C@H](O)[C@H]2NC(C)=O)(COCCC(=O)NCCCNC(=O)CCCCO[C@@H]2O[C@H](CO)[C@H](O)[C@H](O)[C@H]2NC(C)=O)NC(=O)CCCCCCCCCCC(=O)O)O[C@H](CO)[C@H](O)[C@@H]1O. The number of unbranched alkanes of at least 4 members (excludes halogenated alkanes) is 10. The maximum absolute atomic E-state index is 13.9. The second-order valence-corrected chi connectivity index (χ2v) is 28.4. The fourth-order valence-corrected chi connectivity index (χ4v) is 12.3. The summed E-state index contributed by atoms with van der Waals surface area (Å²) in [4.78, 5) is 137. The molecule has 15 atom stereocenters. The lowest BCUT2D eigenvalue weighted by Crippen LogP contribution is -2.64. The number of nitrogens with one attached hydrogen (secondary N) is 10. The van der Waals surface area contributed by atoms with Crippen molar-refractivity contribution in [2.75, 3.05) is 119 Å². The number of carbonyl (C=O) groups excluding carboxylic acids is 10. The van der Waals surface area contributed by atoms with E-state index in [0.717, 1.165) is 38.5 Å². The van der Waals surface area contributed by atoms with Crippen LogP contribution in [0.15, 0.2) is 0 Å². The first-order valence-electron chi connectivity index (χ1n) is 39.5. The first-order valence-corrected chi connectivity index (χ1v) is 39.5. The molecule has 3 fully saturated rings. The van der Waals surface area contributed by atoms with Crippen molar-refractivity contribution in [3.05, 3.63) is 0 Å². The minimum absolute atomic E-state index is 0.0755. The van der Waals surface area contributed by atoms with Crippen molar-refractivity contribution in [3.63, 3.8) is 0 Å². The summed E-state index contributed by atoms with van der Waals surface area (Å²) in [5.41, 5.74) is -1.42. The number of hydrogen-bond acceptors (Lipinski definition) is 29. The Morgan fingerprint density at radius 1 is 0.310 bits per heavy atom. The van der Waals surface area contributed by atoms with E-state index in [-0.39, 0.29) is 191 Å². The summed E-state index contributed by atoms with van der Waals surface area (Å²) in [6.45, 7) is 2.33. The molecule has 0 spiro atoms. The maximum atomic E-state index is 13.9. The van der Waals surface area contributed by atoms with Gasteiger partial charge in [0.2, 0.25) is 59.1 Å². The van der Waals surface area contributed by atoms with E-state index in [9.17, 15) is 98.7 Å². The molecule has 0 aromatic heterocycles. The molecule has 3 aliphatic rings. The minimum Gasteiger partial charge on any atom is -0.481 e. The first kappa shape index (κ1) is 101. The van der Waals surface area contributed by atoms with E-state index in [2.05, 4.69) is 53.2 Å². The maximum Gasteiger partial charge on any atom is 0.303 e. The Balaban J connectivity index is 1.55. The number of carboxylic acids is 1. The molecule has 10 amide bonds. The molecule has 0 aromatic rings. The van der Waals surface area contributed by atoms with Crippen molar-refractivity contribution in [1.82, 2.24) is 53.2 Å². The molecule has 0 aromatic carbocycles. The minimum atomic E-state index is -1.46. The number of rotatable bonds is 63. The Kier molecular flexibility index (Phi) is 52.7. The van der Waals surface area contributed by atoms with Crippen LogP contribution < -0.4 is 53.2 Å². The molecule has 40 heteroatoms. The van der Waals surface area contributed by atoms with Gasteiger partial charge in [0.25, 0.3) is 0 Å². The fourth-order valence-electron chi connectivity index (χ4n) is 12.3. The van der Waals surface area contributed by atoms with Crippen LogP contribution in [-0.4, -0.2) is 332 Å². The first-order chi connectivity index (χ1) is 54.1. The van der Waals surface area contributed by atoms with Crippen LogP contribution in [0.5, 0.6) is 0 Å². The largest absolute Gasteiger partial charge is 0.481 e. The van der Waals surface area contributed by atoms with Gasteiger partial charge in [0.1, 0.15) is 78.6 Å². The average molecular weight is 1630 g/mol. The predicted molar refractivity (Wildman–Crippen MR) is 398 cm³/mol. The highest BCUT2D eigenvalue weighted by atomic mass is 16.7. The standard InChI is InChI=1S/C73H130N10O30/c1-47(87)80-61-67(102)64(99)50(41-84)111-70(61)108-35-15-12-21-53(90)74-29-18-32-77-56(93)26-38-105-44-73(83-59(96)24-10-8-6-4-5-7-9-11-25-60(97)98,45-106-39-27-57(94)78-33-19-30-75-54(91)22-13-16-36-109-71-62(81-48(2)88)68(103)65(100)51(42-85)112-71)46-107-40-28-58(95)79-34-20-31-76-55(92)23-14-17-37-110-72-63(82-49(3)89)69(104)66(101)52(43-86)113-72/h50-52,61-72,84-86,99-104H,4-46H2,1-3H3,(H,74,90)(H,75,91)(H,76,92)(H,77,93)(H,78,94)(H,79,95)(H,80,87)(H,81,88)(H,82,89)(H,83,96)(H,97,98)/t50-,51-,52-,61-,62-,63-,64+,65+,66+,67-,68-,69-,70-,71-,72-/m1/s1. The Morgan fingerprint density at radius 2 is 0.558 bits per heavy atom. The Hall–Kier alpha value is -6.55. The number of ether oxygens (including phenoxy) is 9. The van der Waals surface area contributed by atoms with Gasteiger partial charge in [-0.15, -0.1) is 0 Å². The number of aliphatic hydroxyl groups is 9. The lowest BCUT2D eigenvalue weighted by molar-refractivity contribution is -0.270. The van der Waals surface area contributed by atoms with Crippen LogP contribution in [0.25, 0.3) is 0 Å². The molecule has 652 valence electrons. The third-order valence-electron chi connectivity index (χ3n) is 18.5. The van der Waals surface area contributed by atoms with Crippen molar-refractivity contribution < 1.29 is 146 Å². The van der Waals surface area contributed by atoms with Gasteiger partial charge in [0.15, 0.2) is 18.9 Å². The van der Waals surface area contributed by atoms with E-state index in [4.69, 9.17) is 47.7 Å². The highest BCUT2D eigenvalue weighted by Gasteiger charge is 2.48. The highest BCUT2D eigenvalue weighted by molar-refractivity contribution is 5.79. The van der Waals surface area contributed by atoms with Crippen LogP contribution in [0.4, 0.5) is 0 Å². The van der Waals surface area contributed by atoms with Gasteiger partial charge < -0.3 is 147 Å².